The molecule has 0 saturated heterocycles. The largest absolute Gasteiger partial charge is 0.354 e. The van der Waals surface area contributed by atoms with Crippen LogP contribution < -0.4 is 10.6 Å². The molecule has 2 aromatic rings. The van der Waals surface area contributed by atoms with Gasteiger partial charge in [-0.2, -0.15) is 5.10 Å². The summed E-state index contributed by atoms with van der Waals surface area (Å²) < 4.78 is 16.7. The van der Waals surface area contributed by atoms with E-state index in [1.807, 2.05) is 19.9 Å². The molecule has 3 rings (SSSR count). The number of halogens is 2. The molecule has 0 unspecified atom stereocenters. The molecule has 2 amide bonds. The number of aromatic nitrogens is 2. The lowest BCUT2D eigenvalue weighted by molar-refractivity contribution is -0.126. The second kappa shape index (κ2) is 11.2. The van der Waals surface area contributed by atoms with E-state index in [1.165, 1.54) is 13.0 Å². The third-order valence-corrected chi connectivity index (χ3v) is 6.53. The van der Waals surface area contributed by atoms with Crippen molar-refractivity contribution in [2.24, 2.45) is 18.0 Å². The first kappa shape index (κ1) is 26.6. The highest BCUT2D eigenvalue weighted by Gasteiger charge is 2.28. The van der Waals surface area contributed by atoms with E-state index in [0.29, 0.717) is 33.5 Å². The van der Waals surface area contributed by atoms with Gasteiger partial charge in [0.25, 0.3) is 0 Å². The Labute approximate surface area is 210 Å². The second-order valence-corrected chi connectivity index (χ2v) is 9.97. The summed E-state index contributed by atoms with van der Waals surface area (Å²) in [6.45, 7) is 10.8. The van der Waals surface area contributed by atoms with Crippen molar-refractivity contribution in [3.8, 4) is 0 Å². The number of rotatable bonds is 7. The highest BCUT2D eigenvalue weighted by Crippen LogP contribution is 2.32. The number of nitrogens with zero attached hydrogens (tertiary/aromatic N) is 3. The fourth-order valence-corrected chi connectivity index (χ4v) is 4.99. The maximum atomic E-state index is 15.0. The molecule has 35 heavy (non-hydrogen) atoms. The predicted molar refractivity (Wildman–Crippen MR) is 139 cm³/mol. The van der Waals surface area contributed by atoms with E-state index in [-0.39, 0.29) is 35.5 Å². The number of benzene rings is 1. The van der Waals surface area contributed by atoms with E-state index in [1.54, 1.807) is 24.7 Å². The summed E-state index contributed by atoms with van der Waals surface area (Å²) in [5.74, 6) is -0.639. The van der Waals surface area contributed by atoms with Crippen molar-refractivity contribution in [3.63, 3.8) is 0 Å². The number of nitrogens with one attached hydrogen (secondary N) is 2. The first-order valence-corrected chi connectivity index (χ1v) is 12.2. The Morgan fingerprint density at radius 3 is 2.63 bits per heavy atom. The molecule has 2 N–H and O–H groups in total. The van der Waals surface area contributed by atoms with Crippen LogP contribution in [0.25, 0.3) is 16.5 Å². The van der Waals surface area contributed by atoms with Crippen LogP contribution in [0.2, 0.25) is 0 Å². The number of amides is 2. The summed E-state index contributed by atoms with van der Waals surface area (Å²) in [6, 6.07) is 3.23. The van der Waals surface area contributed by atoms with Gasteiger partial charge in [-0.1, -0.05) is 31.9 Å². The first-order chi connectivity index (χ1) is 16.5. The van der Waals surface area contributed by atoms with E-state index >= 15 is 4.39 Å². The zero-order valence-electron chi connectivity index (χ0n) is 20.9. The van der Waals surface area contributed by atoms with Gasteiger partial charge in [0.15, 0.2) is 5.82 Å². The van der Waals surface area contributed by atoms with Crippen LogP contribution in [0.3, 0.4) is 0 Å². The van der Waals surface area contributed by atoms with Crippen molar-refractivity contribution in [1.82, 2.24) is 20.4 Å². The van der Waals surface area contributed by atoms with E-state index in [2.05, 4.69) is 27.4 Å². The van der Waals surface area contributed by atoms with Crippen molar-refractivity contribution in [2.45, 2.75) is 65.3 Å². The van der Waals surface area contributed by atoms with Gasteiger partial charge in [-0.25, -0.2) is 9.38 Å². The summed E-state index contributed by atoms with van der Waals surface area (Å²) in [6.07, 6.45) is 4.59. The fraction of sp³-hybridized carbons (Fsp3) is 0.462. The zero-order chi connectivity index (χ0) is 25.9. The van der Waals surface area contributed by atoms with Crippen LogP contribution in [0.15, 0.2) is 34.1 Å². The van der Waals surface area contributed by atoms with Crippen molar-refractivity contribution >= 4 is 46.6 Å². The van der Waals surface area contributed by atoms with Crippen molar-refractivity contribution in [1.29, 1.82) is 0 Å². The molecule has 188 valence electrons. The molecule has 0 radical (unpaired) electrons. The number of aliphatic imine (C=N–C) groups is 1. The summed E-state index contributed by atoms with van der Waals surface area (Å²) >= 11 is 6.42. The lowest BCUT2D eigenvalue weighted by Crippen LogP contribution is -2.41. The zero-order valence-corrected chi connectivity index (χ0v) is 21.7. The minimum Gasteiger partial charge on any atom is -0.354 e. The van der Waals surface area contributed by atoms with E-state index in [0.717, 1.165) is 25.0 Å². The third-order valence-electron chi connectivity index (χ3n) is 6.32. The minimum absolute atomic E-state index is 0.0222. The van der Waals surface area contributed by atoms with Crippen LogP contribution in [-0.2, 0) is 16.6 Å². The van der Waals surface area contributed by atoms with E-state index in [4.69, 9.17) is 11.6 Å². The molecule has 0 bridgehead atoms. The third kappa shape index (κ3) is 6.17. The highest BCUT2D eigenvalue weighted by molar-refractivity contribution is 6.33. The Morgan fingerprint density at radius 2 is 2.03 bits per heavy atom. The van der Waals surface area contributed by atoms with Crippen LogP contribution in [0.4, 0.5) is 4.39 Å². The van der Waals surface area contributed by atoms with Crippen LogP contribution in [0.5, 0.6) is 0 Å². The van der Waals surface area contributed by atoms with Crippen LogP contribution in [-0.4, -0.2) is 34.4 Å². The Bertz CT molecular complexity index is 1210. The van der Waals surface area contributed by atoms with Gasteiger partial charge < -0.3 is 10.6 Å². The lowest BCUT2D eigenvalue weighted by atomic mass is 9.85. The van der Waals surface area contributed by atoms with Gasteiger partial charge in [-0.05, 0) is 68.2 Å². The molecule has 9 heteroatoms. The number of aryl methyl sites for hydroxylation is 1. The van der Waals surface area contributed by atoms with Gasteiger partial charge in [0.05, 0.1) is 0 Å². The quantitative estimate of drug-likeness (QED) is 0.405. The van der Waals surface area contributed by atoms with Gasteiger partial charge >= 0.3 is 0 Å². The van der Waals surface area contributed by atoms with Crippen LogP contribution in [0.1, 0.15) is 70.6 Å². The summed E-state index contributed by atoms with van der Waals surface area (Å²) in [4.78, 5) is 28.3. The summed E-state index contributed by atoms with van der Waals surface area (Å²) in [5, 5.41) is 11.2. The lowest BCUT2D eigenvalue weighted by Gasteiger charge is -2.28. The van der Waals surface area contributed by atoms with Gasteiger partial charge in [-0.15, -0.1) is 0 Å². The predicted octanol–water partition coefficient (Wildman–Crippen LogP) is 5.16. The number of allylic oxidation sites excluding steroid dienone is 3. The second-order valence-electron chi connectivity index (χ2n) is 9.40. The van der Waals surface area contributed by atoms with Gasteiger partial charge in [0.1, 0.15) is 11.3 Å². The van der Waals surface area contributed by atoms with E-state index < -0.39 is 5.82 Å². The van der Waals surface area contributed by atoms with Crippen molar-refractivity contribution < 1.29 is 14.0 Å². The number of hydrogen-bond donors (Lipinski definition) is 2. The van der Waals surface area contributed by atoms with Gasteiger partial charge in [-0.3, -0.25) is 14.3 Å². The van der Waals surface area contributed by atoms with Crippen molar-refractivity contribution in [3.05, 3.63) is 46.1 Å². The number of hydrogen-bond acceptors (Lipinski definition) is 4. The maximum absolute atomic E-state index is 15.0. The SMILES string of the molecule is C=N/C(=C\C(=C(/C)Cl)c1cc(F)c2nn(C)c(C(C)C)c2c1)NC(=O)[C@H]1CCC[C@@H](NC(C)=O)C1. The van der Waals surface area contributed by atoms with Gasteiger partial charge in [0.2, 0.25) is 11.8 Å². The number of carbonyl (C=O) groups is 2. The molecule has 7 nitrogen and oxygen atoms in total. The van der Waals surface area contributed by atoms with Crippen molar-refractivity contribution in [2.75, 3.05) is 0 Å². The molecule has 2 atom stereocenters. The van der Waals surface area contributed by atoms with Gasteiger partial charge in [0, 0.05) is 42.0 Å². The normalized spacial score (nSPS) is 19.5. The maximum Gasteiger partial charge on any atom is 0.228 e. The fourth-order valence-electron chi connectivity index (χ4n) is 4.83. The van der Waals surface area contributed by atoms with Crippen LogP contribution in [0, 0.1) is 11.7 Å². The Balaban J connectivity index is 1.91. The standard InChI is InChI=1S/C26H33ClFN5O2/c1-14(2)25-21-11-18(12-22(28)24(21)32-33(25)6)20(15(3)27)13-23(29-5)31-26(35)17-8-7-9-19(10-17)30-16(4)34/h11-14,17,19H,5,7-10H2,1-4,6H3,(H,30,34)(H,31,35)/b20-15-,23-13+/t17-,19+/m0/s1. The average Bonchev–Trinajstić information content (AvgIpc) is 3.12. The molecule has 1 aliphatic rings. The molecular weight excluding hydrogens is 469 g/mol. The summed E-state index contributed by atoms with van der Waals surface area (Å²) in [7, 11) is 1.80. The molecule has 1 fully saturated rings. The first-order valence-electron chi connectivity index (χ1n) is 11.8. The molecule has 1 aromatic heterocycles. The Morgan fingerprint density at radius 1 is 1.31 bits per heavy atom. The Hall–Kier alpha value is -3.00. The number of fused-ring (bicyclic) bond motifs is 1. The summed E-state index contributed by atoms with van der Waals surface area (Å²) in [5.41, 5.74) is 2.29. The molecule has 0 aliphatic heterocycles. The molecule has 1 aromatic carbocycles. The molecule has 1 aliphatic carbocycles. The minimum atomic E-state index is -0.452. The van der Waals surface area contributed by atoms with E-state index in [9.17, 15) is 9.59 Å². The molecule has 0 spiro atoms. The monoisotopic (exact) mass is 501 g/mol. The average molecular weight is 502 g/mol. The molecule has 1 heterocycles. The Kier molecular flexibility index (Phi) is 8.48. The smallest absolute Gasteiger partial charge is 0.228 e. The highest BCUT2D eigenvalue weighted by atomic mass is 35.5. The number of carbonyl (C=O) groups excluding carboxylic acids is 2. The topological polar surface area (TPSA) is 88.4 Å². The molecular formula is C26H33ClFN5O2. The molecule has 1 saturated carbocycles. The van der Waals surface area contributed by atoms with Crippen LogP contribution >= 0.6 is 11.6 Å².